The van der Waals surface area contributed by atoms with Crippen LogP contribution in [0.2, 0.25) is 0 Å². The van der Waals surface area contributed by atoms with Gasteiger partial charge in [-0.25, -0.2) is 4.79 Å². The molecule has 0 heterocycles. The molecule has 0 aliphatic heterocycles. The summed E-state index contributed by atoms with van der Waals surface area (Å²) in [5.41, 5.74) is 0. The maximum absolute atomic E-state index is 12.9. The Morgan fingerprint density at radius 3 is 0.780 bits per heavy atom. The molecule has 0 amide bonds. The van der Waals surface area contributed by atoms with Crippen LogP contribution in [0.3, 0.4) is 0 Å². The van der Waals surface area contributed by atoms with Crippen molar-refractivity contribution in [1.29, 1.82) is 0 Å². The Kier molecular flexibility index (Phi) is 63.9. The van der Waals surface area contributed by atoms with Gasteiger partial charge in [0.05, 0.1) is 34.4 Å². The van der Waals surface area contributed by atoms with Gasteiger partial charge in [0, 0.05) is 12.8 Å². The summed E-state index contributed by atoms with van der Waals surface area (Å²) in [4.78, 5) is 37.6. The SMILES string of the molecule is CCCCCCCCCCCCCCCCCCCCCCCCCCCCCCCCCCCCCCC(=O)OC(COC(=O)CCCCCCCCCCCCCCCCCCCCCCC)COC(OCC[N+](C)(C)C)C(=O)O. The highest BCUT2D eigenvalue weighted by Gasteiger charge is 2.25. The van der Waals surface area contributed by atoms with Crippen molar-refractivity contribution >= 4 is 17.9 Å². The summed E-state index contributed by atoms with van der Waals surface area (Å²) in [6, 6.07) is 0. The Bertz CT molecular complexity index is 1300. The fourth-order valence-corrected chi connectivity index (χ4v) is 11.5. The van der Waals surface area contributed by atoms with Crippen LogP contribution in [-0.4, -0.2) is 87.4 Å². The summed E-state index contributed by atoms with van der Waals surface area (Å²) in [6.07, 6.45) is 75.3. The van der Waals surface area contributed by atoms with Gasteiger partial charge in [0.15, 0.2) is 6.10 Å². The number of hydrogen-bond donors (Lipinski definition) is 1. The first-order valence-electron chi connectivity index (χ1n) is 36.7. The first kappa shape index (κ1) is 80.3. The van der Waals surface area contributed by atoms with Crippen molar-refractivity contribution in [1.82, 2.24) is 0 Å². The second-order valence-electron chi connectivity index (χ2n) is 26.6. The lowest BCUT2D eigenvalue weighted by atomic mass is 10.0. The minimum absolute atomic E-state index is 0.172. The average Bonchev–Trinajstić information content (AvgIpc) is 3.45. The summed E-state index contributed by atoms with van der Waals surface area (Å²) in [5, 5.41) is 9.74. The highest BCUT2D eigenvalue weighted by atomic mass is 16.7. The summed E-state index contributed by atoms with van der Waals surface area (Å²) in [6.45, 7) is 4.97. The van der Waals surface area contributed by atoms with E-state index < -0.39 is 18.4 Å². The number of hydrogen-bond acceptors (Lipinski definition) is 7. The molecule has 0 saturated carbocycles. The molecule has 82 heavy (non-hydrogen) atoms. The Labute approximate surface area is 511 Å². The van der Waals surface area contributed by atoms with Gasteiger partial charge in [0.25, 0.3) is 6.29 Å². The van der Waals surface area contributed by atoms with Crippen LogP contribution in [-0.2, 0) is 33.3 Å². The van der Waals surface area contributed by atoms with Crippen molar-refractivity contribution in [2.45, 2.75) is 405 Å². The lowest BCUT2D eigenvalue weighted by molar-refractivity contribution is -0.870. The van der Waals surface area contributed by atoms with Gasteiger partial charge in [-0.2, -0.15) is 0 Å². The number of likely N-dealkylation sites (N-methyl/N-ethyl adjacent to an activating group) is 1. The number of ether oxygens (including phenoxy) is 4. The number of unbranched alkanes of at least 4 members (excludes halogenated alkanes) is 55. The van der Waals surface area contributed by atoms with Gasteiger partial charge in [-0.3, -0.25) is 9.59 Å². The van der Waals surface area contributed by atoms with E-state index in [0.717, 1.165) is 38.5 Å². The van der Waals surface area contributed by atoms with E-state index in [2.05, 4.69) is 13.8 Å². The highest BCUT2D eigenvalue weighted by molar-refractivity contribution is 5.71. The number of aliphatic carboxylic acids is 1. The monoisotopic (exact) mass is 1160 g/mol. The summed E-state index contributed by atoms with van der Waals surface area (Å²) in [5.74, 6) is -1.97. The van der Waals surface area contributed by atoms with Crippen molar-refractivity contribution in [3.05, 3.63) is 0 Å². The lowest BCUT2D eigenvalue weighted by Crippen LogP contribution is -2.40. The third kappa shape index (κ3) is 65.8. The Hall–Kier alpha value is -1.71. The molecule has 0 aliphatic carbocycles. The molecule has 9 nitrogen and oxygen atoms in total. The van der Waals surface area contributed by atoms with Crippen LogP contribution in [0, 0.1) is 0 Å². The van der Waals surface area contributed by atoms with Crippen molar-refractivity contribution in [2.75, 3.05) is 47.5 Å². The molecule has 0 radical (unpaired) electrons. The molecule has 0 fully saturated rings. The largest absolute Gasteiger partial charge is 0.477 e. The molecule has 488 valence electrons. The van der Waals surface area contributed by atoms with Gasteiger partial charge in [0.2, 0.25) is 0 Å². The molecule has 0 aromatic rings. The zero-order valence-electron chi connectivity index (χ0n) is 56.0. The lowest BCUT2D eigenvalue weighted by Gasteiger charge is -2.25. The van der Waals surface area contributed by atoms with E-state index >= 15 is 0 Å². The van der Waals surface area contributed by atoms with Gasteiger partial charge >= 0.3 is 17.9 Å². The van der Waals surface area contributed by atoms with Gasteiger partial charge in [0.1, 0.15) is 13.2 Å². The van der Waals surface area contributed by atoms with E-state index in [4.69, 9.17) is 18.9 Å². The Morgan fingerprint density at radius 1 is 0.317 bits per heavy atom. The van der Waals surface area contributed by atoms with Crippen molar-refractivity contribution in [2.24, 2.45) is 0 Å². The van der Waals surface area contributed by atoms with E-state index in [9.17, 15) is 19.5 Å². The van der Waals surface area contributed by atoms with Gasteiger partial charge < -0.3 is 28.5 Å². The molecular formula is C73H144NO8+. The first-order chi connectivity index (χ1) is 40.1. The minimum atomic E-state index is -1.50. The van der Waals surface area contributed by atoms with Gasteiger partial charge in [-0.1, -0.05) is 367 Å². The van der Waals surface area contributed by atoms with Crippen LogP contribution in [0.4, 0.5) is 0 Å². The molecule has 1 N–H and O–H groups in total. The van der Waals surface area contributed by atoms with E-state index in [-0.39, 0.29) is 38.2 Å². The number of esters is 2. The van der Waals surface area contributed by atoms with E-state index in [1.807, 2.05) is 21.1 Å². The fourth-order valence-electron chi connectivity index (χ4n) is 11.5. The Morgan fingerprint density at radius 2 is 0.549 bits per heavy atom. The molecule has 9 heteroatoms. The van der Waals surface area contributed by atoms with Crippen molar-refractivity contribution in [3.63, 3.8) is 0 Å². The van der Waals surface area contributed by atoms with Crippen LogP contribution < -0.4 is 0 Å². The predicted octanol–water partition coefficient (Wildman–Crippen LogP) is 22.6. The van der Waals surface area contributed by atoms with Gasteiger partial charge in [-0.05, 0) is 12.8 Å². The van der Waals surface area contributed by atoms with Crippen molar-refractivity contribution < 1.29 is 42.9 Å². The third-order valence-electron chi connectivity index (χ3n) is 17.1. The van der Waals surface area contributed by atoms with E-state index in [1.165, 1.54) is 327 Å². The maximum atomic E-state index is 12.9. The number of nitrogens with zero attached hydrogens (tertiary/aromatic N) is 1. The molecule has 0 aromatic carbocycles. The summed E-state index contributed by atoms with van der Waals surface area (Å²) < 4.78 is 23.0. The zero-order chi connectivity index (χ0) is 59.8. The van der Waals surface area contributed by atoms with Crippen LogP contribution in [0.5, 0.6) is 0 Å². The van der Waals surface area contributed by atoms with Crippen molar-refractivity contribution in [3.8, 4) is 0 Å². The molecule has 0 rings (SSSR count). The van der Waals surface area contributed by atoms with Crippen LogP contribution in [0.15, 0.2) is 0 Å². The fraction of sp³-hybridized carbons (Fsp3) is 0.959. The standard InChI is InChI=1S/C73H143NO8/c1-6-8-10-12-14-16-18-20-22-24-26-28-29-30-31-32-33-34-35-36-37-38-39-40-41-42-44-46-48-50-52-54-56-58-60-62-64-71(76)82-69(68-81-73(72(77)78)79-66-65-74(3,4)5)67-80-70(75)63-61-59-57-55-53-51-49-47-45-43-27-25-23-21-19-17-15-13-11-9-7-2/h69,73H,6-68H2,1-5H3/p+1. The highest BCUT2D eigenvalue weighted by Crippen LogP contribution is 2.20. The number of carbonyl (C=O) groups excluding carboxylic acids is 2. The van der Waals surface area contributed by atoms with E-state index in [0.29, 0.717) is 17.4 Å². The quantitative estimate of drug-likeness (QED) is 0.0278. The van der Waals surface area contributed by atoms with Crippen LogP contribution in [0.1, 0.15) is 393 Å². The first-order valence-corrected chi connectivity index (χ1v) is 36.7. The zero-order valence-corrected chi connectivity index (χ0v) is 56.0. The van der Waals surface area contributed by atoms with E-state index in [1.54, 1.807) is 0 Å². The molecule has 0 aromatic heterocycles. The number of carboxylic acid groups (broad SMARTS) is 1. The molecule has 0 bridgehead atoms. The van der Waals surface area contributed by atoms with Crippen LogP contribution >= 0.6 is 0 Å². The topological polar surface area (TPSA) is 108 Å². The average molecular weight is 1160 g/mol. The predicted molar refractivity (Wildman–Crippen MR) is 351 cm³/mol. The Balaban J connectivity index is 3.96. The molecule has 2 atom stereocenters. The minimum Gasteiger partial charge on any atom is -0.477 e. The third-order valence-corrected chi connectivity index (χ3v) is 17.1. The number of carbonyl (C=O) groups is 3. The molecule has 0 saturated heterocycles. The molecular weight excluding hydrogens is 1020 g/mol. The smallest absolute Gasteiger partial charge is 0.361 e. The maximum Gasteiger partial charge on any atom is 0.361 e. The summed E-state index contributed by atoms with van der Waals surface area (Å²) >= 11 is 0. The number of rotatable bonds is 70. The second-order valence-corrected chi connectivity index (χ2v) is 26.6. The molecule has 0 aliphatic rings. The molecule has 2 unspecified atom stereocenters. The summed E-state index contributed by atoms with van der Waals surface area (Å²) in [7, 11) is 6.00. The van der Waals surface area contributed by atoms with Crippen LogP contribution in [0.25, 0.3) is 0 Å². The second kappa shape index (κ2) is 65.3. The molecule has 0 spiro atoms. The number of quaternary nitrogens is 1. The number of carboxylic acids is 1. The van der Waals surface area contributed by atoms with Gasteiger partial charge in [-0.15, -0.1) is 0 Å². The normalized spacial score (nSPS) is 12.5.